The Labute approximate surface area is 119 Å². The number of halogens is 1. The molecule has 1 aromatic carbocycles. The fourth-order valence-electron chi connectivity index (χ4n) is 1.67. The Morgan fingerprint density at radius 3 is 2.80 bits per heavy atom. The number of ether oxygens (including phenoxy) is 1. The zero-order valence-electron chi connectivity index (χ0n) is 12.3. The molecule has 2 N–H and O–H groups in total. The first-order chi connectivity index (χ1) is 9.58. The van der Waals surface area contributed by atoms with Crippen molar-refractivity contribution in [3.05, 3.63) is 29.6 Å². The number of rotatable bonds is 8. The Hall–Kier alpha value is -1.62. The lowest BCUT2D eigenvalue weighted by Gasteiger charge is -2.14. The smallest absolute Gasteiger partial charge is 0.258 e. The summed E-state index contributed by atoms with van der Waals surface area (Å²) in [6.07, 6.45) is 0.844. The standard InChI is InChI=1S/C15H23FN2O2/c1-4-11(3)18-14(19)10-20-15-12(9-17-5-2)7-6-8-13(15)16/h6-8,11,17H,4-5,9-10H2,1-3H3,(H,18,19). The number of nitrogens with one attached hydrogen (secondary N) is 2. The molecule has 1 amide bonds. The minimum absolute atomic E-state index is 0.0907. The first kappa shape index (κ1) is 16.4. The first-order valence-corrected chi connectivity index (χ1v) is 6.98. The zero-order valence-corrected chi connectivity index (χ0v) is 12.3. The summed E-state index contributed by atoms with van der Waals surface area (Å²) in [6, 6.07) is 4.84. The largest absolute Gasteiger partial charge is 0.480 e. The molecule has 0 aliphatic rings. The summed E-state index contributed by atoms with van der Waals surface area (Å²) in [5.74, 6) is -0.540. The van der Waals surface area contributed by atoms with Crippen LogP contribution in [0.25, 0.3) is 0 Å². The second kappa shape index (κ2) is 8.53. The Morgan fingerprint density at radius 1 is 1.40 bits per heavy atom. The van der Waals surface area contributed by atoms with Crippen LogP contribution >= 0.6 is 0 Å². The maximum Gasteiger partial charge on any atom is 0.258 e. The van der Waals surface area contributed by atoms with Gasteiger partial charge in [-0.3, -0.25) is 4.79 Å². The van der Waals surface area contributed by atoms with E-state index in [0.29, 0.717) is 12.1 Å². The van der Waals surface area contributed by atoms with E-state index < -0.39 is 5.82 Å². The molecule has 4 nitrogen and oxygen atoms in total. The van der Waals surface area contributed by atoms with Crippen LogP contribution in [0, 0.1) is 5.82 Å². The quantitative estimate of drug-likeness (QED) is 0.769. The van der Waals surface area contributed by atoms with Crippen molar-refractivity contribution >= 4 is 5.91 Å². The Morgan fingerprint density at radius 2 is 2.15 bits per heavy atom. The van der Waals surface area contributed by atoms with Crippen LogP contribution in [-0.2, 0) is 11.3 Å². The summed E-state index contributed by atoms with van der Waals surface area (Å²) in [6.45, 7) is 6.99. The average Bonchev–Trinajstić information content (AvgIpc) is 2.43. The van der Waals surface area contributed by atoms with Gasteiger partial charge in [-0.05, 0) is 26.0 Å². The van der Waals surface area contributed by atoms with Crippen LogP contribution in [0.15, 0.2) is 18.2 Å². The van der Waals surface area contributed by atoms with E-state index in [4.69, 9.17) is 4.74 Å². The molecule has 112 valence electrons. The molecule has 0 aliphatic heterocycles. The number of para-hydroxylation sites is 1. The highest BCUT2D eigenvalue weighted by atomic mass is 19.1. The van der Waals surface area contributed by atoms with Crippen molar-refractivity contribution in [2.45, 2.75) is 39.8 Å². The van der Waals surface area contributed by atoms with Crippen molar-refractivity contribution in [3.8, 4) is 5.75 Å². The Kier molecular flexibility index (Phi) is 7.01. The van der Waals surface area contributed by atoms with Gasteiger partial charge in [0.15, 0.2) is 18.2 Å². The number of carbonyl (C=O) groups is 1. The monoisotopic (exact) mass is 282 g/mol. The predicted molar refractivity (Wildman–Crippen MR) is 77.2 cm³/mol. The summed E-state index contributed by atoms with van der Waals surface area (Å²) >= 11 is 0. The molecule has 0 aliphatic carbocycles. The molecule has 0 radical (unpaired) electrons. The van der Waals surface area contributed by atoms with Gasteiger partial charge in [-0.25, -0.2) is 4.39 Å². The van der Waals surface area contributed by atoms with Gasteiger partial charge in [0.05, 0.1) is 0 Å². The highest BCUT2D eigenvalue weighted by Gasteiger charge is 2.12. The molecule has 0 fully saturated rings. The van der Waals surface area contributed by atoms with Gasteiger partial charge in [0, 0.05) is 18.2 Å². The average molecular weight is 282 g/mol. The molecule has 20 heavy (non-hydrogen) atoms. The van der Waals surface area contributed by atoms with Crippen molar-refractivity contribution < 1.29 is 13.9 Å². The van der Waals surface area contributed by atoms with E-state index >= 15 is 0 Å². The van der Waals surface area contributed by atoms with Crippen molar-refractivity contribution in [3.63, 3.8) is 0 Å². The third-order valence-electron chi connectivity index (χ3n) is 2.98. The number of hydrogen-bond donors (Lipinski definition) is 2. The van der Waals surface area contributed by atoms with E-state index in [1.54, 1.807) is 12.1 Å². The van der Waals surface area contributed by atoms with E-state index in [9.17, 15) is 9.18 Å². The third kappa shape index (κ3) is 5.17. The van der Waals surface area contributed by atoms with Crippen LogP contribution in [0.1, 0.15) is 32.8 Å². The van der Waals surface area contributed by atoms with E-state index in [2.05, 4.69) is 10.6 Å². The molecular weight excluding hydrogens is 259 g/mol. The zero-order chi connectivity index (χ0) is 15.0. The van der Waals surface area contributed by atoms with E-state index in [-0.39, 0.29) is 24.3 Å². The number of amides is 1. The molecule has 0 aromatic heterocycles. The second-order valence-electron chi connectivity index (χ2n) is 4.67. The van der Waals surface area contributed by atoms with Crippen molar-refractivity contribution in [1.82, 2.24) is 10.6 Å². The maximum absolute atomic E-state index is 13.8. The highest BCUT2D eigenvalue weighted by Crippen LogP contribution is 2.22. The molecule has 1 unspecified atom stereocenters. The molecule has 1 rings (SSSR count). The van der Waals surface area contributed by atoms with Crippen LogP contribution in [0.4, 0.5) is 4.39 Å². The lowest BCUT2D eigenvalue weighted by molar-refractivity contribution is -0.123. The molecular formula is C15H23FN2O2. The molecule has 5 heteroatoms. The topological polar surface area (TPSA) is 50.4 Å². The van der Waals surface area contributed by atoms with Crippen molar-refractivity contribution in [2.24, 2.45) is 0 Å². The molecule has 1 atom stereocenters. The molecule has 0 saturated heterocycles. The van der Waals surface area contributed by atoms with Crippen LogP contribution in [-0.4, -0.2) is 25.1 Å². The first-order valence-electron chi connectivity index (χ1n) is 6.98. The van der Waals surface area contributed by atoms with Crippen LogP contribution in [0.5, 0.6) is 5.75 Å². The number of benzene rings is 1. The number of carbonyl (C=O) groups excluding carboxylic acids is 1. The van der Waals surface area contributed by atoms with Gasteiger partial charge in [-0.2, -0.15) is 0 Å². The van der Waals surface area contributed by atoms with Gasteiger partial charge < -0.3 is 15.4 Å². The highest BCUT2D eigenvalue weighted by molar-refractivity contribution is 5.77. The van der Waals surface area contributed by atoms with Crippen molar-refractivity contribution in [1.29, 1.82) is 0 Å². The van der Waals surface area contributed by atoms with Crippen LogP contribution < -0.4 is 15.4 Å². The lowest BCUT2D eigenvalue weighted by Crippen LogP contribution is -2.35. The van der Waals surface area contributed by atoms with Crippen LogP contribution in [0.2, 0.25) is 0 Å². The molecule has 0 bridgehead atoms. The van der Waals surface area contributed by atoms with Gasteiger partial charge in [0.2, 0.25) is 0 Å². The fourth-order valence-corrected chi connectivity index (χ4v) is 1.67. The van der Waals surface area contributed by atoms with Gasteiger partial charge in [0.25, 0.3) is 5.91 Å². The maximum atomic E-state index is 13.8. The van der Waals surface area contributed by atoms with E-state index in [1.165, 1.54) is 6.07 Å². The normalized spacial score (nSPS) is 12.0. The van der Waals surface area contributed by atoms with Crippen molar-refractivity contribution in [2.75, 3.05) is 13.2 Å². The summed E-state index contributed by atoms with van der Waals surface area (Å²) < 4.78 is 19.1. The molecule has 0 saturated carbocycles. The molecule has 1 aromatic rings. The van der Waals surface area contributed by atoms with Gasteiger partial charge in [0.1, 0.15) is 0 Å². The fraction of sp³-hybridized carbons (Fsp3) is 0.533. The minimum Gasteiger partial charge on any atom is -0.480 e. The molecule has 0 spiro atoms. The lowest BCUT2D eigenvalue weighted by atomic mass is 10.2. The Balaban J connectivity index is 2.64. The van der Waals surface area contributed by atoms with Crippen LogP contribution in [0.3, 0.4) is 0 Å². The minimum atomic E-state index is -0.447. The van der Waals surface area contributed by atoms with Gasteiger partial charge in [-0.15, -0.1) is 0 Å². The summed E-state index contributed by atoms with van der Waals surface area (Å²) in [4.78, 5) is 11.6. The summed E-state index contributed by atoms with van der Waals surface area (Å²) in [5.41, 5.74) is 0.711. The molecule has 0 heterocycles. The second-order valence-corrected chi connectivity index (χ2v) is 4.67. The van der Waals surface area contributed by atoms with E-state index in [0.717, 1.165) is 13.0 Å². The SMILES string of the molecule is CCNCc1cccc(F)c1OCC(=O)NC(C)CC. The van der Waals surface area contributed by atoms with E-state index in [1.807, 2.05) is 20.8 Å². The number of hydrogen-bond acceptors (Lipinski definition) is 3. The van der Waals surface area contributed by atoms with Gasteiger partial charge >= 0.3 is 0 Å². The van der Waals surface area contributed by atoms with Gasteiger partial charge in [-0.1, -0.05) is 26.0 Å². The predicted octanol–water partition coefficient (Wildman–Crippen LogP) is 2.23. The summed E-state index contributed by atoms with van der Waals surface area (Å²) in [5, 5.41) is 5.89. The third-order valence-corrected chi connectivity index (χ3v) is 2.98. The summed E-state index contributed by atoms with van der Waals surface area (Å²) in [7, 11) is 0. The Bertz CT molecular complexity index is 438.